The SMILES string of the molecule is CCOC(C)(C)C(=O)N1CCN(CCc2ccccc2)C(=O)C1. The molecular formula is C18H26N2O3. The van der Waals surface area contributed by atoms with Crippen molar-refractivity contribution in [1.29, 1.82) is 0 Å². The Kier molecular flexibility index (Phi) is 5.77. The van der Waals surface area contributed by atoms with Crippen LogP contribution in [0.3, 0.4) is 0 Å². The van der Waals surface area contributed by atoms with Crippen LogP contribution in [0.15, 0.2) is 30.3 Å². The first-order chi connectivity index (χ1) is 10.9. The minimum atomic E-state index is -0.874. The molecule has 0 spiro atoms. The monoisotopic (exact) mass is 318 g/mol. The van der Waals surface area contributed by atoms with Crippen LogP contribution in [0.25, 0.3) is 0 Å². The van der Waals surface area contributed by atoms with Gasteiger partial charge in [-0.05, 0) is 32.8 Å². The number of piperazine rings is 1. The maximum Gasteiger partial charge on any atom is 0.254 e. The summed E-state index contributed by atoms with van der Waals surface area (Å²) in [6, 6.07) is 10.1. The van der Waals surface area contributed by atoms with E-state index in [1.165, 1.54) is 5.56 Å². The van der Waals surface area contributed by atoms with Crippen LogP contribution in [-0.2, 0) is 20.7 Å². The molecule has 0 unspecified atom stereocenters. The van der Waals surface area contributed by atoms with Crippen LogP contribution in [0.4, 0.5) is 0 Å². The zero-order valence-corrected chi connectivity index (χ0v) is 14.2. The largest absolute Gasteiger partial charge is 0.366 e. The number of ether oxygens (including phenoxy) is 1. The molecule has 2 rings (SSSR count). The number of hydrogen-bond donors (Lipinski definition) is 0. The summed E-state index contributed by atoms with van der Waals surface area (Å²) in [5.41, 5.74) is 0.345. The van der Waals surface area contributed by atoms with Gasteiger partial charge in [-0.3, -0.25) is 9.59 Å². The van der Waals surface area contributed by atoms with Crippen LogP contribution in [0.5, 0.6) is 0 Å². The van der Waals surface area contributed by atoms with Gasteiger partial charge in [0, 0.05) is 26.2 Å². The molecule has 0 aliphatic carbocycles. The first kappa shape index (κ1) is 17.5. The molecule has 1 aliphatic heterocycles. The molecular weight excluding hydrogens is 292 g/mol. The van der Waals surface area contributed by atoms with E-state index in [0.29, 0.717) is 26.2 Å². The lowest BCUT2D eigenvalue weighted by Gasteiger charge is -2.38. The Bertz CT molecular complexity index is 542. The van der Waals surface area contributed by atoms with Gasteiger partial charge in [-0.1, -0.05) is 30.3 Å². The number of nitrogens with zero attached hydrogens (tertiary/aromatic N) is 2. The summed E-state index contributed by atoms with van der Waals surface area (Å²) in [6.07, 6.45) is 0.838. The lowest BCUT2D eigenvalue weighted by atomic mass is 10.1. The van der Waals surface area contributed by atoms with Crippen molar-refractivity contribution >= 4 is 11.8 Å². The normalized spacial score (nSPS) is 15.9. The van der Waals surface area contributed by atoms with Gasteiger partial charge in [0.25, 0.3) is 5.91 Å². The van der Waals surface area contributed by atoms with Crippen molar-refractivity contribution < 1.29 is 14.3 Å². The molecule has 0 saturated carbocycles. The molecule has 1 aliphatic rings. The van der Waals surface area contributed by atoms with Crippen LogP contribution < -0.4 is 0 Å². The minimum Gasteiger partial charge on any atom is -0.366 e. The zero-order chi connectivity index (χ0) is 16.9. The molecule has 1 aromatic rings. The van der Waals surface area contributed by atoms with E-state index < -0.39 is 5.60 Å². The molecule has 0 N–H and O–H groups in total. The van der Waals surface area contributed by atoms with Gasteiger partial charge in [0.15, 0.2) is 0 Å². The number of carbonyl (C=O) groups is 2. The molecule has 1 fully saturated rings. The van der Waals surface area contributed by atoms with Gasteiger partial charge in [0.1, 0.15) is 5.60 Å². The molecule has 23 heavy (non-hydrogen) atoms. The molecule has 0 aromatic heterocycles. The molecule has 5 nitrogen and oxygen atoms in total. The van der Waals surface area contributed by atoms with E-state index in [4.69, 9.17) is 4.74 Å². The Morgan fingerprint density at radius 1 is 1.22 bits per heavy atom. The van der Waals surface area contributed by atoms with Gasteiger partial charge in [-0.15, -0.1) is 0 Å². The van der Waals surface area contributed by atoms with Crippen LogP contribution >= 0.6 is 0 Å². The van der Waals surface area contributed by atoms with Gasteiger partial charge in [0.05, 0.1) is 6.54 Å². The summed E-state index contributed by atoms with van der Waals surface area (Å²) in [5, 5.41) is 0. The molecule has 126 valence electrons. The second-order valence-electron chi connectivity index (χ2n) is 6.29. The Morgan fingerprint density at radius 3 is 2.52 bits per heavy atom. The topological polar surface area (TPSA) is 49.9 Å². The van der Waals surface area contributed by atoms with Crippen molar-refractivity contribution in [2.75, 3.05) is 32.8 Å². The summed E-state index contributed by atoms with van der Waals surface area (Å²) in [7, 11) is 0. The summed E-state index contributed by atoms with van der Waals surface area (Å²) in [6.45, 7) is 7.83. The molecule has 0 atom stereocenters. The van der Waals surface area contributed by atoms with E-state index in [0.717, 1.165) is 6.42 Å². The van der Waals surface area contributed by atoms with E-state index in [-0.39, 0.29) is 18.4 Å². The highest BCUT2D eigenvalue weighted by atomic mass is 16.5. The van der Waals surface area contributed by atoms with E-state index in [9.17, 15) is 9.59 Å². The first-order valence-electron chi connectivity index (χ1n) is 8.19. The summed E-state index contributed by atoms with van der Waals surface area (Å²) in [5.74, 6) is -0.108. The van der Waals surface area contributed by atoms with Crippen molar-refractivity contribution in [3.05, 3.63) is 35.9 Å². The van der Waals surface area contributed by atoms with Crippen molar-refractivity contribution in [2.24, 2.45) is 0 Å². The summed E-state index contributed by atoms with van der Waals surface area (Å²) in [4.78, 5) is 28.2. The Morgan fingerprint density at radius 2 is 1.91 bits per heavy atom. The second-order valence-corrected chi connectivity index (χ2v) is 6.29. The number of carbonyl (C=O) groups excluding carboxylic acids is 2. The number of rotatable bonds is 6. The molecule has 1 aromatic carbocycles. The Balaban J connectivity index is 1.87. The van der Waals surface area contributed by atoms with Gasteiger partial charge >= 0.3 is 0 Å². The maximum absolute atomic E-state index is 12.5. The van der Waals surface area contributed by atoms with E-state index >= 15 is 0 Å². The molecule has 1 heterocycles. The van der Waals surface area contributed by atoms with Gasteiger partial charge < -0.3 is 14.5 Å². The summed E-state index contributed by atoms with van der Waals surface area (Å²) < 4.78 is 5.50. The highest BCUT2D eigenvalue weighted by Crippen LogP contribution is 2.16. The Labute approximate surface area is 138 Å². The predicted molar refractivity (Wildman–Crippen MR) is 89.0 cm³/mol. The quantitative estimate of drug-likeness (QED) is 0.802. The van der Waals surface area contributed by atoms with Crippen LogP contribution in [0, 0.1) is 0 Å². The highest BCUT2D eigenvalue weighted by molar-refractivity contribution is 5.90. The molecule has 0 radical (unpaired) electrons. The third kappa shape index (κ3) is 4.55. The third-order valence-corrected chi connectivity index (χ3v) is 4.14. The van der Waals surface area contributed by atoms with Crippen LogP contribution in [0.2, 0.25) is 0 Å². The predicted octanol–water partition coefficient (Wildman–Crippen LogP) is 1.71. The van der Waals surface area contributed by atoms with Gasteiger partial charge in [-0.2, -0.15) is 0 Å². The molecule has 5 heteroatoms. The van der Waals surface area contributed by atoms with Crippen molar-refractivity contribution in [3.63, 3.8) is 0 Å². The number of hydrogen-bond acceptors (Lipinski definition) is 3. The molecule has 1 saturated heterocycles. The molecule has 2 amide bonds. The fourth-order valence-electron chi connectivity index (χ4n) is 2.83. The smallest absolute Gasteiger partial charge is 0.254 e. The number of benzene rings is 1. The highest BCUT2D eigenvalue weighted by Gasteiger charge is 2.36. The first-order valence-corrected chi connectivity index (χ1v) is 8.19. The van der Waals surface area contributed by atoms with Gasteiger partial charge in [0.2, 0.25) is 5.91 Å². The van der Waals surface area contributed by atoms with Crippen molar-refractivity contribution in [3.8, 4) is 0 Å². The zero-order valence-electron chi connectivity index (χ0n) is 14.2. The lowest BCUT2D eigenvalue weighted by molar-refractivity contribution is -0.160. The Hall–Kier alpha value is -1.88. The average molecular weight is 318 g/mol. The van der Waals surface area contributed by atoms with E-state index in [1.54, 1.807) is 18.7 Å². The van der Waals surface area contributed by atoms with Crippen LogP contribution in [-0.4, -0.2) is 60.0 Å². The lowest BCUT2D eigenvalue weighted by Crippen LogP contribution is -2.57. The molecule has 0 bridgehead atoms. The van der Waals surface area contributed by atoms with E-state index in [1.807, 2.05) is 30.0 Å². The van der Waals surface area contributed by atoms with Crippen molar-refractivity contribution in [1.82, 2.24) is 9.80 Å². The van der Waals surface area contributed by atoms with Crippen LogP contribution in [0.1, 0.15) is 26.3 Å². The fraction of sp³-hybridized carbons (Fsp3) is 0.556. The standard InChI is InChI=1S/C18H26N2O3/c1-4-23-18(2,3)17(22)20-13-12-19(16(21)14-20)11-10-15-8-6-5-7-9-15/h5-9H,4,10-14H2,1-3H3. The fourth-order valence-corrected chi connectivity index (χ4v) is 2.83. The number of amides is 2. The minimum absolute atomic E-state index is 0.00725. The van der Waals surface area contributed by atoms with Crippen molar-refractivity contribution in [2.45, 2.75) is 32.8 Å². The third-order valence-electron chi connectivity index (χ3n) is 4.14. The van der Waals surface area contributed by atoms with E-state index in [2.05, 4.69) is 12.1 Å². The summed E-state index contributed by atoms with van der Waals surface area (Å²) >= 11 is 0. The average Bonchev–Trinajstić information content (AvgIpc) is 2.54. The van der Waals surface area contributed by atoms with Gasteiger partial charge in [-0.25, -0.2) is 0 Å². The maximum atomic E-state index is 12.5. The second kappa shape index (κ2) is 7.59.